The third kappa shape index (κ3) is 3.05. The fraction of sp³-hybridized carbons (Fsp3) is 0.500. The Bertz CT molecular complexity index is 594. The lowest BCUT2D eigenvalue weighted by atomic mass is 10.1. The van der Waals surface area contributed by atoms with E-state index in [9.17, 15) is 4.79 Å². The van der Waals surface area contributed by atoms with Crippen LogP contribution < -0.4 is 11.1 Å². The lowest BCUT2D eigenvalue weighted by Crippen LogP contribution is -2.30. The van der Waals surface area contributed by atoms with Gasteiger partial charge in [-0.25, -0.2) is 4.79 Å². The van der Waals surface area contributed by atoms with Gasteiger partial charge in [0, 0.05) is 19.6 Å². The average molecular weight is 261 g/mol. The number of rotatable bonds is 3. The normalized spacial score (nSPS) is 17.7. The average Bonchev–Trinajstić information content (AvgIpc) is 2.62. The zero-order chi connectivity index (χ0) is 13.1. The van der Waals surface area contributed by atoms with Crippen LogP contribution in [0.3, 0.4) is 0 Å². The zero-order valence-corrected chi connectivity index (χ0v) is 10.9. The summed E-state index contributed by atoms with van der Waals surface area (Å²) in [5.74, 6) is -0.384. The van der Waals surface area contributed by atoms with Gasteiger partial charge in [-0.15, -0.1) is 0 Å². The van der Waals surface area contributed by atoms with E-state index < -0.39 is 0 Å². The molecule has 5 nitrogen and oxygen atoms in total. The predicted octanol–water partition coefficient (Wildman–Crippen LogP) is 0.959. The smallest absolute Gasteiger partial charge is 0.408 e. The number of hydrogen-bond donors (Lipinski definition) is 2. The molecule has 0 spiro atoms. The molecule has 1 saturated heterocycles. The molecular formula is C14H19N3O2. The Labute approximate surface area is 111 Å². The minimum Gasteiger partial charge on any atom is -0.408 e. The maximum atomic E-state index is 11.1. The maximum absolute atomic E-state index is 11.1. The lowest BCUT2D eigenvalue weighted by Gasteiger charge is -2.19. The van der Waals surface area contributed by atoms with Crippen LogP contribution in [-0.4, -0.2) is 42.6 Å². The van der Waals surface area contributed by atoms with Crippen LogP contribution in [0.1, 0.15) is 12.0 Å². The topological polar surface area (TPSA) is 61.3 Å². The summed E-state index contributed by atoms with van der Waals surface area (Å²) in [4.78, 5) is 16.3. The molecule has 0 amide bonds. The molecule has 2 N–H and O–H groups in total. The van der Waals surface area contributed by atoms with E-state index in [1.165, 1.54) is 12.0 Å². The minimum absolute atomic E-state index is 0.384. The number of oxazole rings is 1. The Hall–Kier alpha value is -1.59. The first kappa shape index (κ1) is 12.4. The van der Waals surface area contributed by atoms with Gasteiger partial charge in [0.15, 0.2) is 5.58 Å². The molecule has 1 aliphatic rings. The third-order valence-corrected chi connectivity index (χ3v) is 3.63. The van der Waals surface area contributed by atoms with E-state index >= 15 is 0 Å². The summed E-state index contributed by atoms with van der Waals surface area (Å²) in [7, 11) is 0. The highest BCUT2D eigenvalue weighted by molar-refractivity contribution is 5.72. The number of hydrogen-bond acceptors (Lipinski definition) is 4. The highest BCUT2D eigenvalue weighted by Gasteiger charge is 2.09. The quantitative estimate of drug-likeness (QED) is 0.864. The molecule has 1 aliphatic heterocycles. The van der Waals surface area contributed by atoms with Crippen LogP contribution in [0.2, 0.25) is 0 Å². The summed E-state index contributed by atoms with van der Waals surface area (Å²) in [5.41, 5.74) is 2.66. The largest absolute Gasteiger partial charge is 0.417 e. The van der Waals surface area contributed by atoms with Crippen molar-refractivity contribution in [3.63, 3.8) is 0 Å². The van der Waals surface area contributed by atoms with Crippen molar-refractivity contribution >= 4 is 11.1 Å². The summed E-state index contributed by atoms with van der Waals surface area (Å²) in [6.45, 7) is 5.55. The Kier molecular flexibility index (Phi) is 3.66. The van der Waals surface area contributed by atoms with Crippen molar-refractivity contribution in [3.05, 3.63) is 34.3 Å². The van der Waals surface area contributed by atoms with Crippen molar-refractivity contribution in [2.75, 3.05) is 32.7 Å². The van der Waals surface area contributed by atoms with Gasteiger partial charge in [-0.05, 0) is 43.6 Å². The first-order valence-corrected chi connectivity index (χ1v) is 6.86. The number of nitrogens with zero attached hydrogens (tertiary/aromatic N) is 1. The van der Waals surface area contributed by atoms with E-state index in [1.54, 1.807) is 0 Å². The van der Waals surface area contributed by atoms with Gasteiger partial charge in [-0.3, -0.25) is 4.98 Å². The number of nitrogens with one attached hydrogen (secondary N) is 2. The minimum atomic E-state index is -0.384. The van der Waals surface area contributed by atoms with Gasteiger partial charge in [-0.2, -0.15) is 0 Å². The molecule has 2 heterocycles. The number of aromatic nitrogens is 1. The number of benzene rings is 1. The molecule has 0 aliphatic carbocycles. The molecule has 102 valence electrons. The van der Waals surface area contributed by atoms with Gasteiger partial charge in [0.25, 0.3) is 0 Å². The zero-order valence-electron chi connectivity index (χ0n) is 10.9. The van der Waals surface area contributed by atoms with Crippen LogP contribution in [0.15, 0.2) is 27.4 Å². The highest BCUT2D eigenvalue weighted by Crippen LogP contribution is 2.13. The van der Waals surface area contributed by atoms with Crippen molar-refractivity contribution in [2.45, 2.75) is 12.8 Å². The van der Waals surface area contributed by atoms with Crippen molar-refractivity contribution < 1.29 is 4.42 Å². The van der Waals surface area contributed by atoms with E-state index in [0.717, 1.165) is 44.7 Å². The molecule has 0 unspecified atom stereocenters. The van der Waals surface area contributed by atoms with E-state index in [1.807, 2.05) is 18.2 Å². The van der Waals surface area contributed by atoms with Gasteiger partial charge in [0.05, 0.1) is 5.52 Å². The monoisotopic (exact) mass is 261 g/mol. The molecule has 3 rings (SSSR count). The first-order chi connectivity index (χ1) is 9.31. The fourth-order valence-corrected chi connectivity index (χ4v) is 2.57. The van der Waals surface area contributed by atoms with Gasteiger partial charge < -0.3 is 14.6 Å². The van der Waals surface area contributed by atoms with Gasteiger partial charge in [-0.1, -0.05) is 6.07 Å². The highest BCUT2D eigenvalue weighted by atomic mass is 16.4. The number of fused-ring (bicyclic) bond motifs is 1. The van der Waals surface area contributed by atoms with Crippen molar-refractivity contribution in [2.24, 2.45) is 0 Å². The molecule has 0 bridgehead atoms. The standard InChI is InChI=1S/C14H19N3O2/c18-14-16-12-10-11(2-3-13(12)19-14)4-8-17-7-1-5-15-6-9-17/h2-3,10,15H,1,4-9H2,(H,16,18). The van der Waals surface area contributed by atoms with E-state index in [-0.39, 0.29) is 5.76 Å². The van der Waals surface area contributed by atoms with Crippen LogP contribution in [0.5, 0.6) is 0 Å². The first-order valence-electron chi connectivity index (χ1n) is 6.86. The molecule has 0 radical (unpaired) electrons. The Morgan fingerprint density at radius 3 is 3.16 bits per heavy atom. The van der Waals surface area contributed by atoms with Crippen LogP contribution in [0, 0.1) is 0 Å². The summed E-state index contributed by atoms with van der Waals surface area (Å²) in [5, 5.41) is 3.41. The van der Waals surface area contributed by atoms with Gasteiger partial charge >= 0.3 is 5.76 Å². The fourth-order valence-electron chi connectivity index (χ4n) is 2.57. The van der Waals surface area contributed by atoms with E-state index in [2.05, 4.69) is 15.2 Å². The van der Waals surface area contributed by atoms with E-state index in [0.29, 0.717) is 5.58 Å². The molecule has 0 atom stereocenters. The van der Waals surface area contributed by atoms with Crippen LogP contribution >= 0.6 is 0 Å². The summed E-state index contributed by atoms with van der Waals surface area (Å²) < 4.78 is 5.00. The van der Waals surface area contributed by atoms with Crippen molar-refractivity contribution in [1.82, 2.24) is 15.2 Å². The van der Waals surface area contributed by atoms with Gasteiger partial charge in [0.1, 0.15) is 0 Å². The molecule has 19 heavy (non-hydrogen) atoms. The SMILES string of the molecule is O=c1[nH]c2cc(CCN3CCCNCC3)ccc2o1. The van der Waals surface area contributed by atoms with Crippen molar-refractivity contribution in [1.29, 1.82) is 0 Å². The third-order valence-electron chi connectivity index (χ3n) is 3.63. The number of H-pyrrole nitrogens is 1. The lowest BCUT2D eigenvalue weighted by molar-refractivity contribution is 0.296. The molecule has 2 aromatic rings. The second-order valence-corrected chi connectivity index (χ2v) is 5.04. The molecular weight excluding hydrogens is 242 g/mol. The predicted molar refractivity (Wildman–Crippen MR) is 74.5 cm³/mol. The summed E-state index contributed by atoms with van der Waals surface area (Å²) >= 11 is 0. The van der Waals surface area contributed by atoms with Crippen LogP contribution in [-0.2, 0) is 6.42 Å². The Morgan fingerprint density at radius 1 is 1.26 bits per heavy atom. The van der Waals surface area contributed by atoms with Crippen LogP contribution in [0.25, 0.3) is 11.1 Å². The number of aromatic amines is 1. The Balaban J connectivity index is 1.65. The second kappa shape index (κ2) is 5.59. The second-order valence-electron chi connectivity index (χ2n) is 5.04. The van der Waals surface area contributed by atoms with Crippen LogP contribution in [0.4, 0.5) is 0 Å². The van der Waals surface area contributed by atoms with Crippen molar-refractivity contribution in [3.8, 4) is 0 Å². The summed E-state index contributed by atoms with van der Waals surface area (Å²) in [6.07, 6.45) is 2.22. The van der Waals surface area contributed by atoms with E-state index in [4.69, 9.17) is 4.42 Å². The molecule has 0 saturated carbocycles. The molecule has 1 fully saturated rings. The maximum Gasteiger partial charge on any atom is 0.417 e. The van der Waals surface area contributed by atoms with Gasteiger partial charge in [0.2, 0.25) is 0 Å². The Morgan fingerprint density at radius 2 is 2.21 bits per heavy atom. The summed E-state index contributed by atoms with van der Waals surface area (Å²) in [6, 6.07) is 5.91. The molecule has 1 aromatic heterocycles. The molecule has 5 heteroatoms. The molecule has 1 aromatic carbocycles.